The SMILES string of the molecule is C/C=C(\C)C(C)C(C)N(C)/C=C\Nc1ccccc1. The van der Waals surface area contributed by atoms with Crippen LogP contribution in [0.15, 0.2) is 54.4 Å². The van der Waals surface area contributed by atoms with Gasteiger partial charge in [-0.3, -0.25) is 0 Å². The predicted octanol–water partition coefficient (Wildman–Crippen LogP) is 4.49. The van der Waals surface area contributed by atoms with Gasteiger partial charge in [-0.1, -0.05) is 36.8 Å². The van der Waals surface area contributed by atoms with Gasteiger partial charge in [0.2, 0.25) is 0 Å². The molecular formula is C17H26N2. The average Bonchev–Trinajstić information content (AvgIpc) is 2.45. The molecule has 2 nitrogen and oxygen atoms in total. The van der Waals surface area contributed by atoms with Crippen LogP contribution in [0.1, 0.15) is 27.7 Å². The van der Waals surface area contributed by atoms with E-state index in [2.05, 4.69) is 69.4 Å². The number of allylic oxidation sites excluding steroid dienone is 1. The van der Waals surface area contributed by atoms with Crippen LogP contribution in [-0.4, -0.2) is 18.0 Å². The zero-order valence-corrected chi connectivity index (χ0v) is 12.7. The van der Waals surface area contributed by atoms with E-state index in [1.165, 1.54) is 5.57 Å². The molecule has 0 spiro atoms. The van der Waals surface area contributed by atoms with Gasteiger partial charge in [-0.15, -0.1) is 0 Å². The normalized spacial score (nSPS) is 15.3. The van der Waals surface area contributed by atoms with Crippen molar-refractivity contribution in [3.63, 3.8) is 0 Å². The quantitative estimate of drug-likeness (QED) is 0.756. The summed E-state index contributed by atoms with van der Waals surface area (Å²) >= 11 is 0. The minimum absolute atomic E-state index is 0.477. The number of nitrogens with zero attached hydrogens (tertiary/aromatic N) is 1. The molecule has 0 amide bonds. The standard InChI is InChI=1S/C17H26N2/c1-6-14(2)15(3)16(4)19(5)13-12-18-17-10-8-7-9-11-17/h6-13,15-16,18H,1-5H3/b13-12-,14-6+. The lowest BCUT2D eigenvalue weighted by molar-refractivity contribution is 0.290. The molecule has 2 atom stereocenters. The first kappa shape index (κ1) is 15.4. The highest BCUT2D eigenvalue weighted by Crippen LogP contribution is 2.18. The molecule has 0 fully saturated rings. The van der Waals surface area contributed by atoms with Gasteiger partial charge in [0.25, 0.3) is 0 Å². The summed E-state index contributed by atoms with van der Waals surface area (Å²) in [7, 11) is 2.12. The van der Waals surface area contributed by atoms with Gasteiger partial charge in [0, 0.05) is 31.2 Å². The van der Waals surface area contributed by atoms with E-state index in [-0.39, 0.29) is 0 Å². The Kier molecular flexibility index (Phi) is 6.20. The van der Waals surface area contributed by atoms with Crippen molar-refractivity contribution >= 4 is 5.69 Å². The highest BCUT2D eigenvalue weighted by Gasteiger charge is 2.15. The highest BCUT2D eigenvalue weighted by molar-refractivity contribution is 5.44. The summed E-state index contributed by atoms with van der Waals surface area (Å²) in [6.07, 6.45) is 6.28. The molecule has 0 aliphatic carbocycles. The summed E-state index contributed by atoms with van der Waals surface area (Å²) in [5, 5.41) is 3.28. The lowest BCUT2D eigenvalue weighted by atomic mass is 9.94. The van der Waals surface area contributed by atoms with Crippen molar-refractivity contribution in [1.82, 2.24) is 4.90 Å². The van der Waals surface area contributed by atoms with Crippen LogP contribution in [0.4, 0.5) is 5.69 Å². The second kappa shape index (κ2) is 7.67. The zero-order chi connectivity index (χ0) is 14.3. The van der Waals surface area contributed by atoms with Crippen molar-refractivity contribution in [1.29, 1.82) is 0 Å². The summed E-state index contributed by atoms with van der Waals surface area (Å²) < 4.78 is 0. The van der Waals surface area contributed by atoms with Gasteiger partial charge < -0.3 is 10.2 Å². The molecule has 1 aromatic carbocycles. The molecule has 0 bridgehead atoms. The third-order valence-electron chi connectivity index (χ3n) is 3.87. The van der Waals surface area contributed by atoms with Crippen LogP contribution in [0.25, 0.3) is 0 Å². The molecule has 0 aliphatic heterocycles. The number of hydrogen-bond donors (Lipinski definition) is 1. The fourth-order valence-electron chi connectivity index (χ4n) is 1.92. The summed E-state index contributed by atoms with van der Waals surface area (Å²) in [6.45, 7) is 8.83. The van der Waals surface area contributed by atoms with Crippen LogP contribution >= 0.6 is 0 Å². The number of benzene rings is 1. The van der Waals surface area contributed by atoms with E-state index < -0.39 is 0 Å². The number of nitrogens with one attached hydrogen (secondary N) is 1. The molecule has 0 radical (unpaired) electrons. The maximum atomic E-state index is 3.28. The minimum atomic E-state index is 0.477. The Morgan fingerprint density at radius 3 is 2.42 bits per heavy atom. The van der Waals surface area contributed by atoms with E-state index in [1.807, 2.05) is 24.4 Å². The molecule has 1 aromatic rings. The summed E-state index contributed by atoms with van der Waals surface area (Å²) in [5.41, 5.74) is 2.54. The van der Waals surface area contributed by atoms with Crippen molar-refractivity contribution in [2.45, 2.75) is 33.7 Å². The molecule has 0 heterocycles. The molecule has 2 heteroatoms. The fourth-order valence-corrected chi connectivity index (χ4v) is 1.92. The maximum Gasteiger partial charge on any atom is 0.0380 e. The van der Waals surface area contributed by atoms with E-state index in [9.17, 15) is 0 Å². The van der Waals surface area contributed by atoms with Crippen molar-refractivity contribution in [3.05, 3.63) is 54.4 Å². The van der Waals surface area contributed by atoms with E-state index in [4.69, 9.17) is 0 Å². The van der Waals surface area contributed by atoms with E-state index in [0.29, 0.717) is 12.0 Å². The van der Waals surface area contributed by atoms with Gasteiger partial charge in [0.1, 0.15) is 0 Å². The monoisotopic (exact) mass is 258 g/mol. The zero-order valence-electron chi connectivity index (χ0n) is 12.7. The smallest absolute Gasteiger partial charge is 0.0380 e. The second-order valence-electron chi connectivity index (χ2n) is 5.05. The van der Waals surface area contributed by atoms with Crippen LogP contribution < -0.4 is 5.32 Å². The Morgan fingerprint density at radius 2 is 1.84 bits per heavy atom. The van der Waals surface area contributed by atoms with Crippen molar-refractivity contribution in [2.75, 3.05) is 12.4 Å². The van der Waals surface area contributed by atoms with Crippen LogP contribution in [0.5, 0.6) is 0 Å². The number of para-hydroxylation sites is 1. The molecule has 1 N–H and O–H groups in total. The Balaban J connectivity index is 2.52. The molecule has 0 saturated carbocycles. The van der Waals surface area contributed by atoms with Crippen LogP contribution in [0, 0.1) is 5.92 Å². The van der Waals surface area contributed by atoms with E-state index in [0.717, 1.165) is 5.69 Å². The van der Waals surface area contributed by atoms with E-state index >= 15 is 0 Å². The Morgan fingerprint density at radius 1 is 1.21 bits per heavy atom. The fraction of sp³-hybridized carbons (Fsp3) is 0.412. The topological polar surface area (TPSA) is 15.3 Å². The molecule has 0 aliphatic rings. The number of rotatable bonds is 6. The molecule has 104 valence electrons. The third-order valence-corrected chi connectivity index (χ3v) is 3.87. The molecular weight excluding hydrogens is 232 g/mol. The maximum absolute atomic E-state index is 3.28. The summed E-state index contributed by atoms with van der Waals surface area (Å²) in [5.74, 6) is 0.552. The van der Waals surface area contributed by atoms with Gasteiger partial charge in [0.05, 0.1) is 0 Å². The first-order chi connectivity index (χ1) is 9.06. The number of hydrogen-bond acceptors (Lipinski definition) is 2. The number of anilines is 1. The van der Waals surface area contributed by atoms with Crippen LogP contribution in [-0.2, 0) is 0 Å². The van der Waals surface area contributed by atoms with Crippen molar-refractivity contribution < 1.29 is 0 Å². The van der Waals surface area contributed by atoms with Crippen LogP contribution in [0.2, 0.25) is 0 Å². The third kappa shape index (κ3) is 4.82. The van der Waals surface area contributed by atoms with Gasteiger partial charge in [-0.05, 0) is 38.8 Å². The summed E-state index contributed by atoms with van der Waals surface area (Å²) in [6, 6.07) is 10.7. The van der Waals surface area contributed by atoms with Crippen molar-refractivity contribution in [2.24, 2.45) is 5.92 Å². The largest absolute Gasteiger partial charge is 0.376 e. The lowest BCUT2D eigenvalue weighted by Gasteiger charge is -2.29. The van der Waals surface area contributed by atoms with Crippen LogP contribution in [0.3, 0.4) is 0 Å². The second-order valence-corrected chi connectivity index (χ2v) is 5.05. The van der Waals surface area contributed by atoms with Gasteiger partial charge in [0.15, 0.2) is 0 Å². The van der Waals surface area contributed by atoms with Gasteiger partial charge >= 0.3 is 0 Å². The van der Waals surface area contributed by atoms with E-state index in [1.54, 1.807) is 0 Å². The lowest BCUT2D eigenvalue weighted by Crippen LogP contribution is -2.31. The molecule has 2 unspecified atom stereocenters. The molecule has 0 saturated heterocycles. The predicted molar refractivity (Wildman–Crippen MR) is 85.0 cm³/mol. The first-order valence-electron chi connectivity index (χ1n) is 6.89. The first-order valence-corrected chi connectivity index (χ1v) is 6.89. The Hall–Kier alpha value is -1.70. The molecule has 0 aromatic heterocycles. The highest BCUT2D eigenvalue weighted by atomic mass is 15.1. The van der Waals surface area contributed by atoms with Gasteiger partial charge in [-0.25, -0.2) is 0 Å². The Labute approximate surface area is 117 Å². The minimum Gasteiger partial charge on any atom is -0.376 e. The van der Waals surface area contributed by atoms with Crippen molar-refractivity contribution in [3.8, 4) is 0 Å². The van der Waals surface area contributed by atoms with Gasteiger partial charge in [-0.2, -0.15) is 0 Å². The summed E-state index contributed by atoms with van der Waals surface area (Å²) in [4.78, 5) is 2.24. The Bertz CT molecular complexity index is 420. The molecule has 1 rings (SSSR count). The molecule has 19 heavy (non-hydrogen) atoms. The average molecular weight is 258 g/mol.